The van der Waals surface area contributed by atoms with Gasteiger partial charge in [0.2, 0.25) is 5.78 Å². The summed E-state index contributed by atoms with van der Waals surface area (Å²) >= 11 is 6.19. The van der Waals surface area contributed by atoms with Gasteiger partial charge in [-0.25, -0.2) is 0 Å². The fourth-order valence-electron chi connectivity index (χ4n) is 4.94. The average molecular weight is 570 g/mol. The van der Waals surface area contributed by atoms with Crippen LogP contribution in [0.3, 0.4) is 0 Å². The molecule has 5 aromatic rings. The lowest BCUT2D eigenvalue weighted by Crippen LogP contribution is -2.30. The van der Waals surface area contributed by atoms with E-state index in [-0.39, 0.29) is 17.9 Å². The summed E-state index contributed by atoms with van der Waals surface area (Å²) < 4.78 is 22.6. The number of hydrogen-bond acceptors (Lipinski definition) is 7. The van der Waals surface area contributed by atoms with Gasteiger partial charge in [0, 0.05) is 16.5 Å². The molecule has 1 atom stereocenters. The van der Waals surface area contributed by atoms with Gasteiger partial charge in [-0.1, -0.05) is 54.1 Å². The van der Waals surface area contributed by atoms with E-state index in [2.05, 4.69) is 0 Å². The lowest BCUT2D eigenvalue weighted by molar-refractivity contribution is -0.130. The normalized spacial score (nSPS) is 15.1. The van der Waals surface area contributed by atoms with Gasteiger partial charge in [-0.15, -0.1) is 0 Å². The summed E-state index contributed by atoms with van der Waals surface area (Å²) in [6, 6.07) is 24.1. The summed E-state index contributed by atoms with van der Waals surface area (Å²) in [5.41, 5.74) is 1.84. The predicted octanol–water partition coefficient (Wildman–Crippen LogP) is 7.05. The van der Waals surface area contributed by atoms with Crippen LogP contribution in [0, 0.1) is 0 Å². The molecule has 1 aliphatic rings. The average Bonchev–Trinajstić information content (AvgIpc) is 3.72. The SMILES string of the molecule is COc1cc(Cl)cc2cc(C(=O)C3=C(O)C(=O)N(Cc4ccco4)C3c3ccc(OCc4ccccc4)cc3)oc12. The molecule has 1 N–H and O–H groups in total. The number of methoxy groups -OCH3 is 1. The highest BCUT2D eigenvalue weighted by Crippen LogP contribution is 2.42. The maximum Gasteiger partial charge on any atom is 0.290 e. The van der Waals surface area contributed by atoms with Crippen molar-refractivity contribution in [1.82, 2.24) is 4.90 Å². The number of ether oxygens (including phenoxy) is 2. The quantitative estimate of drug-likeness (QED) is 0.190. The summed E-state index contributed by atoms with van der Waals surface area (Å²) in [5.74, 6) is -0.589. The smallest absolute Gasteiger partial charge is 0.290 e. The maximum absolute atomic E-state index is 13.9. The van der Waals surface area contributed by atoms with Crippen LogP contribution in [-0.4, -0.2) is 28.8 Å². The first-order chi connectivity index (χ1) is 19.9. The van der Waals surface area contributed by atoms with Gasteiger partial charge in [0.05, 0.1) is 31.5 Å². The van der Waals surface area contributed by atoms with Crippen LogP contribution in [0.2, 0.25) is 5.02 Å². The zero-order valence-electron chi connectivity index (χ0n) is 21.9. The van der Waals surface area contributed by atoms with Gasteiger partial charge in [-0.2, -0.15) is 0 Å². The molecule has 41 heavy (non-hydrogen) atoms. The minimum atomic E-state index is -0.915. The van der Waals surface area contributed by atoms with E-state index in [4.69, 9.17) is 29.9 Å². The van der Waals surface area contributed by atoms with E-state index in [1.165, 1.54) is 24.3 Å². The Hall–Kier alpha value is -4.95. The molecule has 1 aliphatic heterocycles. The number of aliphatic hydroxyl groups is 1. The van der Waals surface area contributed by atoms with Crippen molar-refractivity contribution in [2.24, 2.45) is 0 Å². The van der Waals surface area contributed by atoms with Gasteiger partial charge in [-0.3, -0.25) is 9.59 Å². The molecule has 8 nitrogen and oxygen atoms in total. The Morgan fingerprint density at radius 2 is 1.80 bits per heavy atom. The summed E-state index contributed by atoms with van der Waals surface area (Å²) in [5, 5.41) is 12.0. The van der Waals surface area contributed by atoms with Crippen LogP contribution < -0.4 is 9.47 Å². The number of ketones is 1. The van der Waals surface area contributed by atoms with Gasteiger partial charge in [0.1, 0.15) is 18.1 Å². The van der Waals surface area contributed by atoms with Crippen LogP contribution in [0.25, 0.3) is 11.0 Å². The first kappa shape index (κ1) is 26.3. The molecule has 6 rings (SSSR count). The highest BCUT2D eigenvalue weighted by atomic mass is 35.5. The third-order valence-corrected chi connectivity index (χ3v) is 7.11. The zero-order valence-corrected chi connectivity index (χ0v) is 22.6. The molecule has 9 heteroatoms. The van der Waals surface area contributed by atoms with E-state index < -0.39 is 23.5 Å². The predicted molar refractivity (Wildman–Crippen MR) is 151 cm³/mol. The molecule has 3 heterocycles. The van der Waals surface area contributed by atoms with Crippen molar-refractivity contribution in [2.75, 3.05) is 7.11 Å². The van der Waals surface area contributed by atoms with E-state index in [0.29, 0.717) is 45.4 Å². The fraction of sp³-hybridized carbons (Fsp3) is 0.125. The van der Waals surface area contributed by atoms with Crippen LogP contribution in [0.1, 0.15) is 33.5 Å². The van der Waals surface area contributed by atoms with Gasteiger partial charge < -0.3 is 28.3 Å². The van der Waals surface area contributed by atoms with Crippen molar-refractivity contribution in [3.63, 3.8) is 0 Å². The Bertz CT molecular complexity index is 1760. The molecule has 0 radical (unpaired) electrons. The Kier molecular flexibility index (Phi) is 6.99. The minimum Gasteiger partial charge on any atom is -0.503 e. The number of furan rings is 2. The van der Waals surface area contributed by atoms with Crippen molar-refractivity contribution in [3.05, 3.63) is 130 Å². The monoisotopic (exact) mass is 569 g/mol. The van der Waals surface area contributed by atoms with Crippen molar-refractivity contribution in [3.8, 4) is 11.5 Å². The first-order valence-electron chi connectivity index (χ1n) is 12.8. The van der Waals surface area contributed by atoms with Crippen molar-refractivity contribution in [1.29, 1.82) is 0 Å². The standard InChI is InChI=1S/C32H24ClNO7/c1-38-26-16-22(33)14-21-15-25(41-31(21)26)29(35)27-28(34(32(37)30(27)36)17-24-8-5-13-39-24)20-9-11-23(12-10-20)40-18-19-6-3-2-4-7-19/h2-16,28,36H,17-18H2,1H3. The summed E-state index contributed by atoms with van der Waals surface area (Å²) in [6.45, 7) is 0.420. The van der Waals surface area contributed by atoms with Crippen LogP contribution in [-0.2, 0) is 17.9 Å². The second-order valence-electron chi connectivity index (χ2n) is 9.49. The van der Waals surface area contributed by atoms with E-state index in [1.54, 1.807) is 48.5 Å². The van der Waals surface area contributed by atoms with E-state index in [9.17, 15) is 14.7 Å². The molecule has 0 bridgehead atoms. The third-order valence-electron chi connectivity index (χ3n) is 6.89. The highest BCUT2D eigenvalue weighted by molar-refractivity contribution is 6.31. The molecular formula is C32H24ClNO7. The number of fused-ring (bicyclic) bond motifs is 1. The number of amides is 1. The largest absolute Gasteiger partial charge is 0.503 e. The summed E-state index contributed by atoms with van der Waals surface area (Å²) in [6.07, 6.45) is 1.50. The van der Waals surface area contributed by atoms with Crippen molar-refractivity contribution in [2.45, 2.75) is 19.2 Å². The molecule has 0 spiro atoms. The number of benzene rings is 3. The van der Waals surface area contributed by atoms with E-state index in [1.807, 2.05) is 30.3 Å². The molecule has 1 amide bonds. The molecule has 3 aromatic carbocycles. The van der Waals surface area contributed by atoms with Gasteiger partial charge >= 0.3 is 0 Å². The molecule has 0 aliphatic carbocycles. The Morgan fingerprint density at radius 1 is 1.02 bits per heavy atom. The van der Waals surface area contributed by atoms with Crippen LogP contribution >= 0.6 is 11.6 Å². The van der Waals surface area contributed by atoms with Crippen LogP contribution in [0.15, 0.2) is 111 Å². The fourth-order valence-corrected chi connectivity index (χ4v) is 5.15. The van der Waals surface area contributed by atoms with E-state index in [0.717, 1.165) is 5.56 Å². The zero-order chi connectivity index (χ0) is 28.5. The van der Waals surface area contributed by atoms with Gasteiger partial charge in [0.25, 0.3) is 5.91 Å². The Morgan fingerprint density at radius 3 is 2.51 bits per heavy atom. The Labute approximate surface area is 240 Å². The highest BCUT2D eigenvalue weighted by Gasteiger charge is 2.45. The lowest BCUT2D eigenvalue weighted by Gasteiger charge is -2.26. The van der Waals surface area contributed by atoms with Crippen molar-refractivity contribution >= 4 is 34.3 Å². The second kappa shape index (κ2) is 10.9. The molecule has 2 aromatic heterocycles. The number of carbonyl (C=O) groups is 2. The minimum absolute atomic E-state index is 0.0349. The first-order valence-corrected chi connectivity index (χ1v) is 13.2. The van der Waals surface area contributed by atoms with Crippen LogP contribution in [0.4, 0.5) is 0 Å². The number of Topliss-reactive ketones (excluding diaryl/α,β-unsaturated/α-hetero) is 1. The Balaban J connectivity index is 1.36. The maximum atomic E-state index is 13.9. The third kappa shape index (κ3) is 5.05. The number of hydrogen-bond donors (Lipinski definition) is 1. The molecule has 0 fully saturated rings. The number of rotatable bonds is 9. The van der Waals surface area contributed by atoms with Gasteiger partial charge in [-0.05, 0) is 47.5 Å². The van der Waals surface area contributed by atoms with Crippen LogP contribution in [0.5, 0.6) is 11.5 Å². The topological polar surface area (TPSA) is 102 Å². The number of nitrogens with zero attached hydrogens (tertiary/aromatic N) is 1. The summed E-state index contributed by atoms with van der Waals surface area (Å²) in [4.78, 5) is 28.6. The van der Waals surface area contributed by atoms with E-state index >= 15 is 0 Å². The molecular weight excluding hydrogens is 546 g/mol. The molecule has 1 unspecified atom stereocenters. The van der Waals surface area contributed by atoms with Crippen molar-refractivity contribution < 1.29 is 33.0 Å². The molecule has 0 saturated carbocycles. The number of halogens is 1. The molecule has 206 valence electrons. The molecule has 0 saturated heterocycles. The second-order valence-corrected chi connectivity index (χ2v) is 9.92. The summed E-state index contributed by atoms with van der Waals surface area (Å²) in [7, 11) is 1.47. The lowest BCUT2D eigenvalue weighted by atomic mass is 9.95. The number of carbonyl (C=O) groups excluding carboxylic acids is 2. The van der Waals surface area contributed by atoms with Gasteiger partial charge in [0.15, 0.2) is 22.9 Å². The number of aliphatic hydroxyl groups excluding tert-OH is 1.